The molecule has 6 heteroatoms. The van der Waals surface area contributed by atoms with E-state index in [0.717, 1.165) is 11.3 Å². The molecule has 102 valence electrons. The molecule has 5 nitrogen and oxygen atoms in total. The highest BCUT2D eigenvalue weighted by atomic mass is 32.2. The van der Waals surface area contributed by atoms with Gasteiger partial charge in [0.25, 0.3) is 0 Å². The average molecular weight is 280 g/mol. The van der Waals surface area contributed by atoms with Gasteiger partial charge in [-0.05, 0) is 36.6 Å². The lowest BCUT2D eigenvalue weighted by molar-refractivity contribution is -0.118. The van der Waals surface area contributed by atoms with Crippen molar-refractivity contribution >= 4 is 21.6 Å². The highest BCUT2D eigenvalue weighted by molar-refractivity contribution is 7.89. The van der Waals surface area contributed by atoms with E-state index in [1.165, 1.54) is 6.07 Å². The zero-order valence-electron chi connectivity index (χ0n) is 10.5. The van der Waals surface area contributed by atoms with Gasteiger partial charge in [-0.15, -0.1) is 6.58 Å². The van der Waals surface area contributed by atoms with E-state index in [4.69, 9.17) is 5.14 Å². The first-order valence-corrected chi connectivity index (χ1v) is 7.55. The summed E-state index contributed by atoms with van der Waals surface area (Å²) in [6, 6.07) is 4.63. The second-order valence-electron chi connectivity index (χ2n) is 4.46. The van der Waals surface area contributed by atoms with Gasteiger partial charge in [0.15, 0.2) is 0 Å². The van der Waals surface area contributed by atoms with Crippen molar-refractivity contribution in [2.75, 3.05) is 11.4 Å². The summed E-state index contributed by atoms with van der Waals surface area (Å²) in [5.74, 6) is 0.0296. The summed E-state index contributed by atoms with van der Waals surface area (Å²) in [4.78, 5) is 13.8. The molecular formula is C13H16N2O3S. The summed E-state index contributed by atoms with van der Waals surface area (Å²) in [5.41, 5.74) is 1.62. The molecule has 0 radical (unpaired) electrons. The van der Waals surface area contributed by atoms with Crippen LogP contribution in [0.15, 0.2) is 35.7 Å². The largest absolute Gasteiger partial charge is 0.312 e. The number of allylic oxidation sites excluding steroid dienone is 1. The molecule has 0 bridgehead atoms. The van der Waals surface area contributed by atoms with Gasteiger partial charge in [-0.2, -0.15) is 0 Å². The smallest absolute Gasteiger partial charge is 0.238 e. The first kappa shape index (κ1) is 13.8. The number of hydrogen-bond acceptors (Lipinski definition) is 3. The molecule has 1 aliphatic heterocycles. The molecule has 2 N–H and O–H groups in total. The molecule has 1 aromatic carbocycles. The van der Waals surface area contributed by atoms with Crippen LogP contribution in [-0.4, -0.2) is 20.9 Å². The van der Waals surface area contributed by atoms with Crippen molar-refractivity contribution in [1.29, 1.82) is 0 Å². The van der Waals surface area contributed by atoms with Crippen LogP contribution < -0.4 is 10.0 Å². The molecule has 0 aromatic heterocycles. The van der Waals surface area contributed by atoms with E-state index in [1.807, 2.05) is 0 Å². The Morgan fingerprint density at radius 2 is 2.21 bits per heavy atom. The van der Waals surface area contributed by atoms with Crippen molar-refractivity contribution in [3.8, 4) is 0 Å². The summed E-state index contributed by atoms with van der Waals surface area (Å²) in [6.45, 7) is 4.17. The van der Waals surface area contributed by atoms with Gasteiger partial charge in [-0.3, -0.25) is 4.79 Å². The molecule has 0 saturated carbocycles. The van der Waals surface area contributed by atoms with E-state index in [-0.39, 0.29) is 10.8 Å². The van der Waals surface area contributed by atoms with E-state index >= 15 is 0 Å². The van der Waals surface area contributed by atoms with E-state index in [2.05, 4.69) is 6.58 Å². The number of benzene rings is 1. The number of nitrogens with zero attached hydrogens (tertiary/aromatic N) is 1. The van der Waals surface area contributed by atoms with E-state index < -0.39 is 10.0 Å². The Kier molecular flexibility index (Phi) is 3.73. The molecule has 0 saturated heterocycles. The normalized spacial score (nSPS) is 14.3. The molecule has 0 fully saturated rings. The Morgan fingerprint density at radius 1 is 1.47 bits per heavy atom. The summed E-state index contributed by atoms with van der Waals surface area (Å²) in [6.07, 6.45) is 3.41. The molecule has 19 heavy (non-hydrogen) atoms. The Labute approximate surface area is 112 Å². The number of primary sulfonamides is 1. The zero-order valence-corrected chi connectivity index (χ0v) is 11.3. The van der Waals surface area contributed by atoms with Crippen LogP contribution in [-0.2, 0) is 21.2 Å². The van der Waals surface area contributed by atoms with Crippen LogP contribution in [0.5, 0.6) is 0 Å². The Balaban J connectivity index is 2.27. The van der Waals surface area contributed by atoms with Gasteiger partial charge in [0.05, 0.1) is 4.90 Å². The standard InChI is InChI=1S/C13H16N2O3S/c1-2-3-4-13(16)15-8-7-10-9-11(19(14,17)18)5-6-12(10)15/h2,5-6,9H,1,3-4,7-8H2,(H2,14,17,18). The summed E-state index contributed by atoms with van der Waals surface area (Å²) >= 11 is 0. The van der Waals surface area contributed by atoms with Crippen molar-refractivity contribution < 1.29 is 13.2 Å². The lowest BCUT2D eigenvalue weighted by Crippen LogP contribution is -2.28. The minimum Gasteiger partial charge on any atom is -0.312 e. The fourth-order valence-corrected chi connectivity index (χ4v) is 2.74. The van der Waals surface area contributed by atoms with Gasteiger partial charge in [0, 0.05) is 18.7 Å². The fourth-order valence-electron chi connectivity index (χ4n) is 2.17. The number of fused-ring (bicyclic) bond motifs is 1. The van der Waals surface area contributed by atoms with Crippen LogP contribution in [0, 0.1) is 0 Å². The average Bonchev–Trinajstić information content (AvgIpc) is 2.77. The summed E-state index contributed by atoms with van der Waals surface area (Å²) in [7, 11) is -3.69. The van der Waals surface area contributed by atoms with E-state index in [1.54, 1.807) is 23.1 Å². The van der Waals surface area contributed by atoms with Gasteiger partial charge in [0.2, 0.25) is 15.9 Å². The molecule has 1 aliphatic rings. The van der Waals surface area contributed by atoms with Crippen LogP contribution in [0.2, 0.25) is 0 Å². The molecule has 2 rings (SSSR count). The van der Waals surface area contributed by atoms with Crippen LogP contribution in [0.3, 0.4) is 0 Å². The number of anilines is 1. The lowest BCUT2D eigenvalue weighted by atomic mass is 10.2. The molecule has 0 unspecified atom stereocenters. The molecule has 1 heterocycles. The number of carbonyl (C=O) groups is 1. The number of hydrogen-bond donors (Lipinski definition) is 1. The quantitative estimate of drug-likeness (QED) is 0.841. The third kappa shape index (κ3) is 2.85. The van der Waals surface area contributed by atoms with Crippen LogP contribution >= 0.6 is 0 Å². The lowest BCUT2D eigenvalue weighted by Gasteiger charge is -2.17. The second kappa shape index (κ2) is 5.14. The van der Waals surface area contributed by atoms with Crippen molar-refractivity contribution in [3.63, 3.8) is 0 Å². The van der Waals surface area contributed by atoms with Crippen molar-refractivity contribution in [2.45, 2.75) is 24.2 Å². The van der Waals surface area contributed by atoms with Gasteiger partial charge in [-0.1, -0.05) is 6.08 Å². The van der Waals surface area contributed by atoms with E-state index in [9.17, 15) is 13.2 Å². The number of sulfonamides is 1. The molecule has 0 atom stereocenters. The SMILES string of the molecule is C=CCCC(=O)N1CCc2cc(S(N)(=O)=O)ccc21. The maximum atomic E-state index is 12.0. The van der Waals surface area contributed by atoms with Gasteiger partial charge in [0.1, 0.15) is 0 Å². The van der Waals surface area contributed by atoms with Crippen LogP contribution in [0.25, 0.3) is 0 Å². The van der Waals surface area contributed by atoms with Crippen molar-refractivity contribution in [1.82, 2.24) is 0 Å². The minimum absolute atomic E-state index is 0.0296. The predicted octanol–water partition coefficient (Wildman–Crippen LogP) is 1.19. The summed E-state index contributed by atoms with van der Waals surface area (Å²) in [5, 5.41) is 5.09. The Morgan fingerprint density at radius 3 is 2.84 bits per heavy atom. The second-order valence-corrected chi connectivity index (χ2v) is 6.02. The van der Waals surface area contributed by atoms with Crippen molar-refractivity contribution in [2.24, 2.45) is 5.14 Å². The van der Waals surface area contributed by atoms with Crippen LogP contribution in [0.4, 0.5) is 5.69 Å². The van der Waals surface area contributed by atoms with Crippen LogP contribution in [0.1, 0.15) is 18.4 Å². The number of carbonyl (C=O) groups excluding carboxylic acids is 1. The Bertz CT molecular complexity index is 623. The van der Waals surface area contributed by atoms with E-state index in [0.29, 0.717) is 25.8 Å². The zero-order chi connectivity index (χ0) is 14.0. The van der Waals surface area contributed by atoms with Gasteiger partial charge < -0.3 is 4.90 Å². The fraction of sp³-hybridized carbons (Fsp3) is 0.308. The first-order valence-electron chi connectivity index (χ1n) is 6.00. The molecule has 0 aliphatic carbocycles. The third-order valence-electron chi connectivity index (χ3n) is 3.14. The highest BCUT2D eigenvalue weighted by Crippen LogP contribution is 2.30. The van der Waals surface area contributed by atoms with Crippen molar-refractivity contribution in [3.05, 3.63) is 36.4 Å². The minimum atomic E-state index is -3.69. The summed E-state index contributed by atoms with van der Waals surface area (Å²) < 4.78 is 22.6. The third-order valence-corrected chi connectivity index (χ3v) is 4.05. The molecule has 0 spiro atoms. The number of nitrogens with two attached hydrogens (primary N) is 1. The first-order chi connectivity index (χ1) is 8.93. The molecule has 1 aromatic rings. The monoisotopic (exact) mass is 280 g/mol. The predicted molar refractivity (Wildman–Crippen MR) is 73.3 cm³/mol. The number of rotatable bonds is 4. The van der Waals surface area contributed by atoms with Gasteiger partial charge >= 0.3 is 0 Å². The Hall–Kier alpha value is -1.66. The maximum Gasteiger partial charge on any atom is 0.238 e. The highest BCUT2D eigenvalue weighted by Gasteiger charge is 2.25. The molecule has 1 amide bonds. The number of amides is 1. The maximum absolute atomic E-state index is 12.0. The molecular weight excluding hydrogens is 264 g/mol. The topological polar surface area (TPSA) is 80.5 Å². The van der Waals surface area contributed by atoms with Gasteiger partial charge in [-0.25, -0.2) is 13.6 Å².